The number of hydrogen-bond donors (Lipinski definition) is 1. The van der Waals surface area contributed by atoms with Crippen molar-refractivity contribution in [3.05, 3.63) is 63.7 Å². The molecular formula is C19H23NO. The van der Waals surface area contributed by atoms with Gasteiger partial charge in [-0.2, -0.15) is 0 Å². The maximum Gasteiger partial charge on any atom is 0.126 e. The van der Waals surface area contributed by atoms with Gasteiger partial charge in [-0.15, -0.1) is 0 Å². The van der Waals surface area contributed by atoms with Crippen molar-refractivity contribution in [1.82, 2.24) is 0 Å². The number of fused-ring (bicyclic) bond motifs is 1. The fourth-order valence-electron chi connectivity index (χ4n) is 3.14. The summed E-state index contributed by atoms with van der Waals surface area (Å²) >= 11 is 0. The van der Waals surface area contributed by atoms with Gasteiger partial charge in [-0.05, 0) is 56.0 Å². The molecule has 1 heterocycles. The molecule has 2 heteroatoms. The van der Waals surface area contributed by atoms with Gasteiger partial charge in [0.05, 0.1) is 0 Å². The molecular weight excluding hydrogens is 258 g/mol. The van der Waals surface area contributed by atoms with Gasteiger partial charge in [0.1, 0.15) is 11.9 Å². The number of hydrogen-bond acceptors (Lipinski definition) is 2. The van der Waals surface area contributed by atoms with E-state index in [9.17, 15) is 0 Å². The van der Waals surface area contributed by atoms with Crippen molar-refractivity contribution in [3.63, 3.8) is 0 Å². The second-order valence-electron chi connectivity index (χ2n) is 6.28. The smallest absolute Gasteiger partial charge is 0.126 e. The van der Waals surface area contributed by atoms with Gasteiger partial charge < -0.3 is 10.5 Å². The number of ether oxygens (including phenoxy) is 1. The van der Waals surface area contributed by atoms with Crippen molar-refractivity contribution >= 4 is 0 Å². The molecule has 0 aliphatic carbocycles. The zero-order chi connectivity index (χ0) is 15.1. The highest BCUT2D eigenvalue weighted by Crippen LogP contribution is 2.41. The maximum atomic E-state index is 6.38. The molecule has 1 aliphatic rings. The summed E-state index contributed by atoms with van der Waals surface area (Å²) in [4.78, 5) is 0. The second kappa shape index (κ2) is 5.19. The first-order chi connectivity index (χ1) is 9.95. The molecule has 0 saturated carbocycles. The third-order valence-electron chi connectivity index (χ3n) is 4.53. The van der Waals surface area contributed by atoms with E-state index in [1.54, 1.807) is 0 Å². The highest BCUT2D eigenvalue weighted by atomic mass is 16.5. The molecule has 2 aromatic rings. The van der Waals surface area contributed by atoms with Crippen LogP contribution >= 0.6 is 0 Å². The lowest BCUT2D eigenvalue weighted by Crippen LogP contribution is -2.24. The van der Waals surface area contributed by atoms with Crippen LogP contribution in [0.1, 0.15) is 51.9 Å². The van der Waals surface area contributed by atoms with Crippen LogP contribution in [-0.4, -0.2) is 0 Å². The molecule has 0 fully saturated rings. The minimum absolute atomic E-state index is 0.0414. The Bertz CT molecular complexity index is 690. The van der Waals surface area contributed by atoms with Crippen LogP contribution in [0.4, 0.5) is 0 Å². The van der Waals surface area contributed by atoms with Gasteiger partial charge in [0.2, 0.25) is 0 Å². The molecule has 0 aromatic heterocycles. The van der Waals surface area contributed by atoms with Gasteiger partial charge in [-0.25, -0.2) is 0 Å². The summed E-state index contributed by atoms with van der Waals surface area (Å²) in [6.07, 6.45) is 0.884. The van der Waals surface area contributed by atoms with Crippen molar-refractivity contribution in [2.75, 3.05) is 0 Å². The summed E-state index contributed by atoms with van der Waals surface area (Å²) in [6.45, 7) is 8.55. The average Bonchev–Trinajstić information content (AvgIpc) is 2.43. The quantitative estimate of drug-likeness (QED) is 0.838. The van der Waals surface area contributed by atoms with Crippen molar-refractivity contribution in [3.8, 4) is 5.75 Å². The highest BCUT2D eigenvalue weighted by Gasteiger charge is 2.28. The summed E-state index contributed by atoms with van der Waals surface area (Å²) in [6, 6.07) is 10.8. The number of nitrogens with two attached hydrogens (primary N) is 1. The van der Waals surface area contributed by atoms with E-state index in [1.807, 2.05) is 6.07 Å². The molecule has 2 N–H and O–H groups in total. The van der Waals surface area contributed by atoms with Crippen molar-refractivity contribution in [2.24, 2.45) is 5.73 Å². The Balaban J connectivity index is 1.99. The summed E-state index contributed by atoms with van der Waals surface area (Å²) < 4.78 is 6.24. The van der Waals surface area contributed by atoms with Crippen molar-refractivity contribution in [2.45, 2.75) is 46.3 Å². The predicted molar refractivity (Wildman–Crippen MR) is 86.7 cm³/mol. The summed E-state index contributed by atoms with van der Waals surface area (Å²) in [7, 11) is 0. The summed E-state index contributed by atoms with van der Waals surface area (Å²) in [5.41, 5.74) is 13.9. The van der Waals surface area contributed by atoms with E-state index < -0.39 is 0 Å². The zero-order valence-corrected chi connectivity index (χ0v) is 13.2. The standard InChI is InChI=1S/C19H23NO/c1-11-5-6-18-16(7-11)17(20)10-19(21-18)15-9-13(3)12(2)8-14(15)4/h5-9,17,19H,10,20H2,1-4H3. The van der Waals surface area contributed by atoms with Gasteiger partial charge in [0.25, 0.3) is 0 Å². The topological polar surface area (TPSA) is 35.2 Å². The Morgan fingerprint density at radius 2 is 1.62 bits per heavy atom. The van der Waals surface area contributed by atoms with Crippen molar-refractivity contribution in [1.29, 1.82) is 0 Å². The molecule has 0 amide bonds. The number of rotatable bonds is 1. The Kier molecular flexibility index (Phi) is 3.50. The van der Waals surface area contributed by atoms with Crippen LogP contribution in [0.15, 0.2) is 30.3 Å². The number of benzene rings is 2. The van der Waals surface area contributed by atoms with Gasteiger partial charge >= 0.3 is 0 Å². The van der Waals surface area contributed by atoms with E-state index in [0.29, 0.717) is 0 Å². The third-order valence-corrected chi connectivity index (χ3v) is 4.53. The molecule has 0 bridgehead atoms. The Hall–Kier alpha value is -1.80. The Morgan fingerprint density at radius 3 is 2.38 bits per heavy atom. The van der Waals surface area contributed by atoms with E-state index in [0.717, 1.165) is 17.7 Å². The first-order valence-corrected chi connectivity index (χ1v) is 7.56. The first kappa shape index (κ1) is 14.2. The summed E-state index contributed by atoms with van der Waals surface area (Å²) in [5.74, 6) is 0.932. The molecule has 3 rings (SSSR count). The van der Waals surface area contributed by atoms with E-state index in [1.165, 1.54) is 27.8 Å². The van der Waals surface area contributed by atoms with Crippen LogP contribution in [0, 0.1) is 27.7 Å². The fraction of sp³-hybridized carbons (Fsp3) is 0.368. The first-order valence-electron chi connectivity index (χ1n) is 7.56. The third kappa shape index (κ3) is 2.56. The molecule has 2 unspecified atom stereocenters. The Labute approximate surface area is 126 Å². The molecule has 2 aromatic carbocycles. The number of aryl methyl sites for hydroxylation is 4. The molecule has 0 spiro atoms. The minimum Gasteiger partial charge on any atom is -0.485 e. The molecule has 21 heavy (non-hydrogen) atoms. The fourth-order valence-corrected chi connectivity index (χ4v) is 3.14. The van der Waals surface area contributed by atoms with Gasteiger partial charge in [0.15, 0.2) is 0 Å². The lowest BCUT2D eigenvalue weighted by molar-refractivity contribution is 0.161. The van der Waals surface area contributed by atoms with E-state index in [4.69, 9.17) is 10.5 Å². The molecule has 0 radical (unpaired) electrons. The predicted octanol–water partition coefficient (Wildman–Crippen LogP) is 4.44. The SMILES string of the molecule is Cc1ccc2c(c1)C(N)CC(c1cc(C)c(C)cc1C)O2. The maximum absolute atomic E-state index is 6.38. The normalized spacial score (nSPS) is 20.8. The lowest BCUT2D eigenvalue weighted by atomic mass is 9.89. The molecule has 2 nitrogen and oxygen atoms in total. The average molecular weight is 281 g/mol. The van der Waals surface area contributed by atoms with E-state index in [2.05, 4.69) is 52.0 Å². The van der Waals surface area contributed by atoms with Crippen LogP contribution in [-0.2, 0) is 0 Å². The molecule has 110 valence electrons. The van der Waals surface area contributed by atoms with Gasteiger partial charge in [-0.3, -0.25) is 0 Å². The zero-order valence-electron chi connectivity index (χ0n) is 13.2. The largest absolute Gasteiger partial charge is 0.485 e. The molecule has 1 aliphatic heterocycles. The van der Waals surface area contributed by atoms with Crippen LogP contribution in [0.3, 0.4) is 0 Å². The van der Waals surface area contributed by atoms with E-state index >= 15 is 0 Å². The lowest BCUT2D eigenvalue weighted by Gasteiger charge is -2.32. The van der Waals surface area contributed by atoms with Crippen LogP contribution < -0.4 is 10.5 Å². The highest BCUT2D eigenvalue weighted by molar-refractivity contribution is 5.44. The van der Waals surface area contributed by atoms with Gasteiger partial charge in [0, 0.05) is 18.0 Å². The van der Waals surface area contributed by atoms with Crippen LogP contribution in [0.25, 0.3) is 0 Å². The summed E-state index contributed by atoms with van der Waals surface area (Å²) in [5, 5.41) is 0. The molecule has 0 saturated heterocycles. The van der Waals surface area contributed by atoms with Crippen molar-refractivity contribution < 1.29 is 4.74 Å². The minimum atomic E-state index is 0.0414. The van der Waals surface area contributed by atoms with E-state index in [-0.39, 0.29) is 12.1 Å². The second-order valence-corrected chi connectivity index (χ2v) is 6.28. The van der Waals surface area contributed by atoms with Gasteiger partial charge in [-0.1, -0.05) is 29.8 Å². The molecule has 2 atom stereocenters. The van der Waals surface area contributed by atoms with Crippen LogP contribution in [0.2, 0.25) is 0 Å². The van der Waals surface area contributed by atoms with Crippen LogP contribution in [0.5, 0.6) is 5.75 Å². The Morgan fingerprint density at radius 1 is 0.905 bits per heavy atom. The monoisotopic (exact) mass is 281 g/mol.